The zero-order valence-corrected chi connectivity index (χ0v) is 13.5. The molecular formula is C17H26N2OS. The minimum Gasteiger partial charge on any atom is -0.393 e. The van der Waals surface area contributed by atoms with Gasteiger partial charge in [0.25, 0.3) is 0 Å². The van der Waals surface area contributed by atoms with Crippen LogP contribution in [-0.4, -0.2) is 27.9 Å². The second-order valence-corrected chi connectivity index (χ2v) is 8.65. The molecule has 0 aliphatic heterocycles. The first-order valence-electron chi connectivity index (χ1n) is 8.65. The first-order chi connectivity index (χ1) is 10.1. The van der Waals surface area contributed by atoms with Gasteiger partial charge in [-0.05, 0) is 69.1 Å². The lowest BCUT2D eigenvalue weighted by Gasteiger charge is -2.60. The predicted octanol–water partition coefficient (Wildman–Crippen LogP) is 2.87. The lowest BCUT2D eigenvalue weighted by molar-refractivity contribution is -0.152. The van der Waals surface area contributed by atoms with Gasteiger partial charge in [-0.25, -0.2) is 0 Å². The minimum absolute atomic E-state index is 0.166. The Labute approximate surface area is 132 Å². The number of amides is 1. The number of carbonyl (C=O) groups excluding carboxylic acids is 1. The molecule has 0 aromatic carbocycles. The molecule has 0 atom stereocenters. The van der Waals surface area contributed by atoms with Gasteiger partial charge >= 0.3 is 0 Å². The third-order valence-electron chi connectivity index (χ3n) is 6.35. The summed E-state index contributed by atoms with van der Waals surface area (Å²) in [5.41, 5.74) is 5.88. The molecule has 116 valence electrons. The lowest BCUT2D eigenvalue weighted by Crippen LogP contribution is -2.62. The molecule has 0 radical (unpaired) electrons. The lowest BCUT2D eigenvalue weighted by atomic mass is 9.52. The Morgan fingerprint density at radius 3 is 2.05 bits per heavy atom. The summed E-state index contributed by atoms with van der Waals surface area (Å²) in [6.07, 6.45) is 10.9. The molecule has 1 amide bonds. The Hall–Kier alpha value is -0.640. The topological polar surface area (TPSA) is 46.3 Å². The van der Waals surface area contributed by atoms with Gasteiger partial charge in [0.15, 0.2) is 0 Å². The third-order valence-corrected chi connectivity index (χ3v) is 6.56. The molecule has 5 aliphatic rings. The molecule has 3 nitrogen and oxygen atoms in total. The van der Waals surface area contributed by atoms with Gasteiger partial charge in [0.1, 0.15) is 0 Å². The van der Waals surface area contributed by atoms with Crippen molar-refractivity contribution in [2.24, 2.45) is 29.4 Å². The molecule has 0 saturated heterocycles. The maximum Gasteiger partial charge on any atom is 0.226 e. The fourth-order valence-electron chi connectivity index (χ4n) is 5.75. The number of thiocarbonyl (C=S) groups is 1. The number of rotatable bonds is 5. The molecule has 4 heteroatoms. The molecule has 0 aromatic rings. The van der Waals surface area contributed by atoms with Crippen molar-refractivity contribution in [2.45, 2.75) is 63.3 Å². The van der Waals surface area contributed by atoms with E-state index in [0.717, 1.165) is 37.1 Å². The summed E-state index contributed by atoms with van der Waals surface area (Å²) in [6.45, 7) is 0.761. The first-order valence-corrected chi connectivity index (χ1v) is 9.06. The summed E-state index contributed by atoms with van der Waals surface area (Å²) in [5.74, 6) is 3.33. The van der Waals surface area contributed by atoms with Crippen molar-refractivity contribution >= 4 is 23.1 Å². The van der Waals surface area contributed by atoms with Crippen LogP contribution in [0.3, 0.4) is 0 Å². The molecule has 5 aliphatic carbocycles. The maximum atomic E-state index is 12.9. The number of nitrogens with two attached hydrogens (primary N) is 1. The highest BCUT2D eigenvalue weighted by Gasteiger charge is 2.55. The van der Waals surface area contributed by atoms with E-state index in [0.29, 0.717) is 23.2 Å². The van der Waals surface area contributed by atoms with Crippen LogP contribution in [0.2, 0.25) is 0 Å². The molecular weight excluding hydrogens is 280 g/mol. The largest absolute Gasteiger partial charge is 0.393 e. The maximum absolute atomic E-state index is 12.9. The third kappa shape index (κ3) is 2.49. The van der Waals surface area contributed by atoms with Crippen molar-refractivity contribution in [3.05, 3.63) is 0 Å². The molecule has 5 rings (SSSR count). The Bertz CT molecular complexity index is 436. The molecule has 4 bridgehead atoms. The molecule has 0 aromatic heterocycles. The second kappa shape index (κ2) is 4.94. The molecule has 21 heavy (non-hydrogen) atoms. The van der Waals surface area contributed by atoms with Crippen LogP contribution in [0.4, 0.5) is 0 Å². The van der Waals surface area contributed by atoms with Gasteiger partial charge in [-0.3, -0.25) is 4.79 Å². The summed E-state index contributed by atoms with van der Waals surface area (Å²) >= 11 is 5.06. The Balaban J connectivity index is 1.59. The van der Waals surface area contributed by atoms with E-state index in [1.807, 2.05) is 0 Å². The number of hydrogen-bond acceptors (Lipinski definition) is 2. The molecule has 0 heterocycles. The van der Waals surface area contributed by atoms with Gasteiger partial charge in [-0.2, -0.15) is 0 Å². The monoisotopic (exact) mass is 306 g/mol. The molecule has 0 spiro atoms. The van der Waals surface area contributed by atoms with E-state index < -0.39 is 0 Å². The fourth-order valence-corrected chi connectivity index (χ4v) is 5.84. The SMILES string of the molecule is NC(=S)CCN(C(=O)C1CC1)C12CC3CC(CC(C3)C1)C2. The van der Waals surface area contributed by atoms with E-state index in [9.17, 15) is 4.79 Å². The summed E-state index contributed by atoms with van der Waals surface area (Å²) in [5, 5.41) is 0. The molecule has 2 N–H and O–H groups in total. The fraction of sp³-hybridized carbons (Fsp3) is 0.882. The zero-order valence-electron chi connectivity index (χ0n) is 12.7. The quantitative estimate of drug-likeness (QED) is 0.795. The Kier molecular flexibility index (Phi) is 3.29. The zero-order chi connectivity index (χ0) is 14.6. The van der Waals surface area contributed by atoms with Gasteiger partial charge in [0.05, 0.1) is 4.99 Å². The second-order valence-electron chi connectivity index (χ2n) is 8.12. The van der Waals surface area contributed by atoms with E-state index in [1.165, 1.54) is 38.5 Å². The Morgan fingerprint density at radius 1 is 1.10 bits per heavy atom. The standard InChI is InChI=1S/C17H26N2OS/c18-15(21)3-4-19(16(20)14-1-2-14)17-8-11-5-12(9-17)7-13(6-11)10-17/h11-14H,1-10H2,(H2,18,21). The number of hydrogen-bond donors (Lipinski definition) is 1. The van der Waals surface area contributed by atoms with Crippen molar-refractivity contribution < 1.29 is 4.79 Å². The molecule has 5 fully saturated rings. The van der Waals surface area contributed by atoms with E-state index >= 15 is 0 Å². The summed E-state index contributed by atoms with van der Waals surface area (Å²) in [6, 6.07) is 0. The van der Waals surface area contributed by atoms with Crippen LogP contribution >= 0.6 is 12.2 Å². The van der Waals surface area contributed by atoms with Crippen LogP contribution in [0.15, 0.2) is 0 Å². The van der Waals surface area contributed by atoms with Crippen LogP contribution in [0, 0.1) is 23.7 Å². The minimum atomic E-state index is 0.166. The summed E-state index contributed by atoms with van der Waals surface area (Å²) < 4.78 is 0. The highest BCUT2D eigenvalue weighted by molar-refractivity contribution is 7.80. The molecule has 5 saturated carbocycles. The van der Waals surface area contributed by atoms with Crippen molar-refractivity contribution in [1.29, 1.82) is 0 Å². The van der Waals surface area contributed by atoms with Gasteiger partial charge in [0, 0.05) is 24.4 Å². The smallest absolute Gasteiger partial charge is 0.226 e. The van der Waals surface area contributed by atoms with Gasteiger partial charge in [-0.15, -0.1) is 0 Å². The van der Waals surface area contributed by atoms with Gasteiger partial charge in [-0.1, -0.05) is 12.2 Å². The van der Waals surface area contributed by atoms with Crippen LogP contribution in [0.1, 0.15) is 57.8 Å². The van der Waals surface area contributed by atoms with Crippen LogP contribution in [0.25, 0.3) is 0 Å². The van der Waals surface area contributed by atoms with Crippen LogP contribution < -0.4 is 5.73 Å². The van der Waals surface area contributed by atoms with Crippen LogP contribution in [0.5, 0.6) is 0 Å². The van der Waals surface area contributed by atoms with Crippen molar-refractivity contribution in [1.82, 2.24) is 4.90 Å². The average Bonchev–Trinajstić information content (AvgIpc) is 3.20. The van der Waals surface area contributed by atoms with Crippen LogP contribution in [-0.2, 0) is 4.79 Å². The van der Waals surface area contributed by atoms with E-state index in [1.54, 1.807) is 0 Å². The first kappa shape index (κ1) is 14.0. The van der Waals surface area contributed by atoms with Gasteiger partial charge in [0.2, 0.25) is 5.91 Å². The predicted molar refractivity (Wildman–Crippen MR) is 86.7 cm³/mol. The van der Waals surface area contributed by atoms with E-state index in [4.69, 9.17) is 18.0 Å². The normalized spacial score (nSPS) is 40.3. The molecule has 0 unspecified atom stereocenters. The van der Waals surface area contributed by atoms with E-state index in [-0.39, 0.29) is 5.54 Å². The van der Waals surface area contributed by atoms with Crippen molar-refractivity contribution in [3.63, 3.8) is 0 Å². The number of carbonyl (C=O) groups is 1. The Morgan fingerprint density at radius 2 is 1.62 bits per heavy atom. The van der Waals surface area contributed by atoms with E-state index in [2.05, 4.69) is 4.90 Å². The average molecular weight is 306 g/mol. The summed E-state index contributed by atoms with van der Waals surface area (Å²) in [4.78, 5) is 15.7. The van der Waals surface area contributed by atoms with Gasteiger partial charge < -0.3 is 10.6 Å². The highest BCUT2D eigenvalue weighted by Crippen LogP contribution is 2.58. The summed E-state index contributed by atoms with van der Waals surface area (Å²) in [7, 11) is 0. The van der Waals surface area contributed by atoms with Crippen molar-refractivity contribution in [2.75, 3.05) is 6.54 Å². The van der Waals surface area contributed by atoms with Crippen molar-refractivity contribution in [3.8, 4) is 0 Å². The highest BCUT2D eigenvalue weighted by atomic mass is 32.1. The number of nitrogens with zero attached hydrogens (tertiary/aromatic N) is 1.